The second kappa shape index (κ2) is 5.89. The Hall–Kier alpha value is -0.820. The lowest BCUT2D eigenvalue weighted by atomic mass is 9.85. The number of amides is 1. The largest absolute Gasteiger partial charge is 0.393 e. The number of methoxy groups -OCH3 is 1. The van der Waals surface area contributed by atoms with E-state index in [1.54, 1.807) is 0 Å². The van der Waals surface area contributed by atoms with Crippen LogP contribution in [-0.4, -0.2) is 56.9 Å². The van der Waals surface area contributed by atoms with E-state index >= 15 is 0 Å². The molecular formula is C13H21F3N2O2. The molecule has 20 heavy (non-hydrogen) atoms. The van der Waals surface area contributed by atoms with Crippen LogP contribution >= 0.6 is 0 Å². The Balaban J connectivity index is 2.07. The minimum Gasteiger partial charge on any atom is -0.384 e. The lowest BCUT2D eigenvalue weighted by Crippen LogP contribution is -2.52. The van der Waals surface area contributed by atoms with Crippen molar-refractivity contribution in [3.05, 3.63) is 0 Å². The van der Waals surface area contributed by atoms with Crippen molar-refractivity contribution in [2.45, 2.75) is 25.4 Å². The first-order chi connectivity index (χ1) is 9.39. The maximum Gasteiger partial charge on any atom is 0.393 e. The van der Waals surface area contributed by atoms with Gasteiger partial charge in [-0.2, -0.15) is 13.2 Å². The van der Waals surface area contributed by atoms with Gasteiger partial charge in [-0.05, 0) is 25.8 Å². The molecule has 0 spiro atoms. The molecule has 0 bridgehead atoms. The molecule has 0 aromatic rings. The minimum absolute atomic E-state index is 0.114. The van der Waals surface area contributed by atoms with Crippen LogP contribution in [0.1, 0.15) is 19.3 Å². The first-order valence-electron chi connectivity index (χ1n) is 6.95. The number of carbonyl (C=O) groups excluding carboxylic acids is 1. The van der Waals surface area contributed by atoms with E-state index in [9.17, 15) is 18.0 Å². The SMILES string of the molecule is COCC1(C(=O)N2CCCC(C(F)(F)F)C2)CCNC1. The second-order valence-electron chi connectivity index (χ2n) is 5.77. The Labute approximate surface area is 116 Å². The number of nitrogens with zero attached hydrogens (tertiary/aromatic N) is 1. The number of hydrogen-bond acceptors (Lipinski definition) is 3. The zero-order valence-electron chi connectivity index (χ0n) is 11.6. The van der Waals surface area contributed by atoms with Crippen molar-refractivity contribution in [2.24, 2.45) is 11.3 Å². The Morgan fingerprint density at radius 3 is 2.80 bits per heavy atom. The molecule has 2 atom stereocenters. The highest BCUT2D eigenvalue weighted by Crippen LogP contribution is 2.36. The van der Waals surface area contributed by atoms with Gasteiger partial charge in [-0.1, -0.05) is 0 Å². The molecule has 7 heteroatoms. The fourth-order valence-corrected chi connectivity index (χ4v) is 3.15. The summed E-state index contributed by atoms with van der Waals surface area (Å²) in [7, 11) is 1.52. The monoisotopic (exact) mass is 294 g/mol. The average molecular weight is 294 g/mol. The highest BCUT2D eigenvalue weighted by molar-refractivity contribution is 5.83. The van der Waals surface area contributed by atoms with Gasteiger partial charge in [-0.15, -0.1) is 0 Å². The molecule has 2 heterocycles. The van der Waals surface area contributed by atoms with Gasteiger partial charge in [0.05, 0.1) is 17.9 Å². The number of rotatable bonds is 3. The third-order valence-electron chi connectivity index (χ3n) is 4.29. The van der Waals surface area contributed by atoms with E-state index in [-0.39, 0.29) is 25.5 Å². The van der Waals surface area contributed by atoms with Gasteiger partial charge >= 0.3 is 6.18 Å². The van der Waals surface area contributed by atoms with E-state index in [2.05, 4.69) is 5.32 Å². The first-order valence-corrected chi connectivity index (χ1v) is 6.95. The topological polar surface area (TPSA) is 41.6 Å². The smallest absolute Gasteiger partial charge is 0.384 e. The molecule has 2 aliphatic rings. The van der Waals surface area contributed by atoms with Crippen molar-refractivity contribution in [1.82, 2.24) is 10.2 Å². The fourth-order valence-electron chi connectivity index (χ4n) is 3.15. The van der Waals surface area contributed by atoms with Crippen LogP contribution < -0.4 is 5.32 Å². The maximum atomic E-state index is 12.8. The number of nitrogens with one attached hydrogen (secondary N) is 1. The number of halogens is 3. The Bertz CT molecular complexity index is 354. The third kappa shape index (κ3) is 3.09. The third-order valence-corrected chi connectivity index (χ3v) is 4.29. The summed E-state index contributed by atoms with van der Waals surface area (Å²) in [4.78, 5) is 14.0. The van der Waals surface area contributed by atoms with Gasteiger partial charge in [0.2, 0.25) is 5.91 Å². The molecule has 2 unspecified atom stereocenters. The van der Waals surface area contributed by atoms with E-state index < -0.39 is 17.5 Å². The predicted molar refractivity (Wildman–Crippen MR) is 67.2 cm³/mol. The standard InChI is InChI=1S/C13H21F3N2O2/c1-20-9-12(4-5-17-8-12)11(19)18-6-2-3-10(7-18)13(14,15)16/h10,17H,2-9H2,1H3. The molecule has 2 fully saturated rings. The van der Waals surface area contributed by atoms with Crippen LogP contribution in [0.25, 0.3) is 0 Å². The molecule has 0 aliphatic carbocycles. The zero-order chi connectivity index (χ0) is 14.8. The van der Waals surface area contributed by atoms with Crippen molar-refractivity contribution in [3.8, 4) is 0 Å². The Morgan fingerprint density at radius 1 is 1.50 bits per heavy atom. The van der Waals surface area contributed by atoms with E-state index in [1.807, 2.05) is 0 Å². The molecule has 0 aromatic carbocycles. The Kier molecular flexibility index (Phi) is 4.59. The van der Waals surface area contributed by atoms with Crippen molar-refractivity contribution in [3.63, 3.8) is 0 Å². The molecule has 0 saturated carbocycles. The van der Waals surface area contributed by atoms with Crippen molar-refractivity contribution >= 4 is 5.91 Å². The van der Waals surface area contributed by atoms with Gasteiger partial charge in [0, 0.05) is 26.7 Å². The molecule has 2 rings (SSSR count). The first kappa shape index (κ1) is 15.6. The zero-order valence-corrected chi connectivity index (χ0v) is 11.6. The molecule has 116 valence electrons. The van der Waals surface area contributed by atoms with Gasteiger partial charge in [-0.3, -0.25) is 4.79 Å². The average Bonchev–Trinajstić information content (AvgIpc) is 2.87. The number of ether oxygens (including phenoxy) is 1. The highest BCUT2D eigenvalue weighted by Gasteiger charge is 2.48. The van der Waals surface area contributed by atoms with Crippen LogP contribution in [-0.2, 0) is 9.53 Å². The summed E-state index contributed by atoms with van der Waals surface area (Å²) >= 11 is 0. The van der Waals surface area contributed by atoms with Gasteiger partial charge in [0.15, 0.2) is 0 Å². The summed E-state index contributed by atoms with van der Waals surface area (Å²) in [5.41, 5.74) is -0.692. The molecule has 1 amide bonds. The highest BCUT2D eigenvalue weighted by atomic mass is 19.4. The maximum absolute atomic E-state index is 12.8. The Morgan fingerprint density at radius 2 is 2.25 bits per heavy atom. The number of hydrogen-bond donors (Lipinski definition) is 1. The normalized spacial score (nSPS) is 31.6. The molecule has 2 saturated heterocycles. The molecule has 1 N–H and O–H groups in total. The summed E-state index contributed by atoms with van der Waals surface area (Å²) in [6.07, 6.45) is -3.08. The molecule has 0 radical (unpaired) electrons. The van der Waals surface area contributed by atoms with E-state index in [0.717, 1.165) is 0 Å². The van der Waals surface area contributed by atoms with Crippen molar-refractivity contribution in [1.29, 1.82) is 0 Å². The van der Waals surface area contributed by atoms with Crippen LogP contribution in [0, 0.1) is 11.3 Å². The number of likely N-dealkylation sites (tertiary alicyclic amines) is 1. The minimum atomic E-state index is -4.22. The van der Waals surface area contributed by atoms with Crippen LogP contribution in [0.2, 0.25) is 0 Å². The van der Waals surface area contributed by atoms with Crippen LogP contribution in [0.4, 0.5) is 13.2 Å². The summed E-state index contributed by atoms with van der Waals surface area (Å²) in [6.45, 7) is 1.63. The summed E-state index contributed by atoms with van der Waals surface area (Å²) in [6, 6.07) is 0. The second-order valence-corrected chi connectivity index (χ2v) is 5.77. The van der Waals surface area contributed by atoms with E-state index in [0.29, 0.717) is 32.5 Å². The molecule has 4 nitrogen and oxygen atoms in total. The van der Waals surface area contributed by atoms with Crippen LogP contribution in [0.5, 0.6) is 0 Å². The van der Waals surface area contributed by atoms with Crippen molar-refractivity contribution in [2.75, 3.05) is 39.9 Å². The number of alkyl halides is 3. The predicted octanol–water partition coefficient (Wildman–Crippen LogP) is 1.41. The van der Waals surface area contributed by atoms with Gasteiger partial charge in [0.25, 0.3) is 0 Å². The summed E-state index contributed by atoms with van der Waals surface area (Å²) in [5, 5.41) is 3.11. The lowest BCUT2D eigenvalue weighted by molar-refractivity contribution is -0.190. The van der Waals surface area contributed by atoms with E-state index in [4.69, 9.17) is 4.74 Å². The van der Waals surface area contributed by atoms with E-state index in [1.165, 1.54) is 12.0 Å². The molecular weight excluding hydrogens is 273 g/mol. The van der Waals surface area contributed by atoms with Gasteiger partial charge in [-0.25, -0.2) is 0 Å². The van der Waals surface area contributed by atoms with Gasteiger partial charge in [0.1, 0.15) is 0 Å². The fraction of sp³-hybridized carbons (Fsp3) is 0.923. The quantitative estimate of drug-likeness (QED) is 0.856. The molecule has 0 aromatic heterocycles. The molecule has 2 aliphatic heterocycles. The van der Waals surface area contributed by atoms with Gasteiger partial charge < -0.3 is 15.0 Å². The summed E-state index contributed by atoms with van der Waals surface area (Å²) < 4.78 is 43.6. The lowest BCUT2D eigenvalue weighted by Gasteiger charge is -2.38. The summed E-state index contributed by atoms with van der Waals surface area (Å²) in [5.74, 6) is -1.59. The number of piperidine rings is 1. The van der Waals surface area contributed by atoms with Crippen molar-refractivity contribution < 1.29 is 22.7 Å². The number of carbonyl (C=O) groups is 1. The van der Waals surface area contributed by atoms with Crippen LogP contribution in [0.3, 0.4) is 0 Å². The van der Waals surface area contributed by atoms with Crippen LogP contribution in [0.15, 0.2) is 0 Å².